The molecule has 4 nitrogen and oxygen atoms in total. The quantitative estimate of drug-likeness (QED) is 0.821. The van der Waals surface area contributed by atoms with Gasteiger partial charge in [-0.05, 0) is 37.1 Å². The van der Waals surface area contributed by atoms with E-state index < -0.39 is 0 Å². The molecule has 0 aromatic heterocycles. The number of carbonyl (C=O) groups excluding carboxylic acids is 1. The number of nitrogens with one attached hydrogen (secondary N) is 1. The van der Waals surface area contributed by atoms with Gasteiger partial charge in [0.1, 0.15) is 5.82 Å². The molecule has 19 heavy (non-hydrogen) atoms. The van der Waals surface area contributed by atoms with E-state index in [1.54, 1.807) is 12.1 Å². The van der Waals surface area contributed by atoms with E-state index in [2.05, 4.69) is 10.2 Å². The van der Waals surface area contributed by atoms with Crippen LogP contribution >= 0.6 is 0 Å². The normalized spacial score (nSPS) is 15.3. The van der Waals surface area contributed by atoms with E-state index in [1.807, 2.05) is 0 Å². The third-order valence-corrected chi connectivity index (χ3v) is 3.48. The van der Waals surface area contributed by atoms with Gasteiger partial charge in [-0.3, -0.25) is 9.69 Å². The summed E-state index contributed by atoms with van der Waals surface area (Å²) in [6.45, 7) is 1.64. The van der Waals surface area contributed by atoms with Crippen molar-refractivity contribution < 1.29 is 9.18 Å². The minimum Gasteiger partial charge on any atom is -0.329 e. The lowest BCUT2D eigenvalue weighted by molar-refractivity contribution is -0.118. The molecule has 104 valence electrons. The van der Waals surface area contributed by atoms with E-state index in [0.29, 0.717) is 24.8 Å². The topological polar surface area (TPSA) is 58.4 Å². The first-order valence-corrected chi connectivity index (χ1v) is 6.68. The highest BCUT2D eigenvalue weighted by molar-refractivity contribution is 5.92. The van der Waals surface area contributed by atoms with Crippen molar-refractivity contribution in [1.29, 1.82) is 0 Å². The molecule has 0 heterocycles. The number of carbonyl (C=O) groups is 1. The lowest BCUT2D eigenvalue weighted by Crippen LogP contribution is -2.46. The Labute approximate surface area is 112 Å². The maximum atomic E-state index is 12.8. The summed E-state index contributed by atoms with van der Waals surface area (Å²) in [6.07, 6.45) is 3.51. The van der Waals surface area contributed by atoms with E-state index >= 15 is 0 Å². The Morgan fingerprint density at radius 1 is 1.37 bits per heavy atom. The monoisotopic (exact) mass is 265 g/mol. The van der Waals surface area contributed by atoms with Gasteiger partial charge in [0.15, 0.2) is 0 Å². The van der Waals surface area contributed by atoms with Gasteiger partial charge in [0.05, 0.1) is 6.54 Å². The van der Waals surface area contributed by atoms with Crippen LogP contribution in [0.3, 0.4) is 0 Å². The molecule has 5 heteroatoms. The second-order valence-corrected chi connectivity index (χ2v) is 4.90. The first-order valence-electron chi connectivity index (χ1n) is 6.68. The number of anilines is 1. The molecule has 1 aliphatic carbocycles. The first kappa shape index (κ1) is 14.0. The Morgan fingerprint density at radius 2 is 2.05 bits per heavy atom. The molecule has 1 aromatic rings. The van der Waals surface area contributed by atoms with Crippen molar-refractivity contribution in [2.75, 3.05) is 25.0 Å². The molecule has 0 bridgehead atoms. The Balaban J connectivity index is 1.86. The molecule has 0 saturated heterocycles. The van der Waals surface area contributed by atoms with Crippen molar-refractivity contribution in [3.8, 4) is 0 Å². The van der Waals surface area contributed by atoms with Crippen LogP contribution in [0, 0.1) is 5.82 Å². The van der Waals surface area contributed by atoms with E-state index in [-0.39, 0.29) is 11.7 Å². The van der Waals surface area contributed by atoms with Gasteiger partial charge in [-0.15, -0.1) is 0 Å². The highest BCUT2D eigenvalue weighted by atomic mass is 19.1. The second-order valence-electron chi connectivity index (χ2n) is 4.90. The van der Waals surface area contributed by atoms with E-state index in [9.17, 15) is 9.18 Å². The van der Waals surface area contributed by atoms with Crippen LogP contribution in [0.25, 0.3) is 0 Å². The summed E-state index contributed by atoms with van der Waals surface area (Å²) in [6, 6.07) is 6.27. The Kier molecular flexibility index (Phi) is 4.87. The zero-order valence-electron chi connectivity index (χ0n) is 10.9. The Bertz CT molecular complexity index is 417. The predicted octanol–water partition coefficient (Wildman–Crippen LogP) is 1.58. The van der Waals surface area contributed by atoms with Gasteiger partial charge in [-0.25, -0.2) is 4.39 Å². The van der Waals surface area contributed by atoms with Crippen molar-refractivity contribution in [1.82, 2.24) is 4.90 Å². The number of nitrogens with two attached hydrogens (primary N) is 1. The molecule has 2 rings (SSSR count). The lowest BCUT2D eigenvalue weighted by atomic mass is 9.91. The number of rotatable bonds is 6. The van der Waals surface area contributed by atoms with Gasteiger partial charge in [-0.2, -0.15) is 0 Å². The molecule has 0 atom stereocenters. The molecule has 1 fully saturated rings. The summed E-state index contributed by atoms with van der Waals surface area (Å²) >= 11 is 0. The smallest absolute Gasteiger partial charge is 0.238 e. The van der Waals surface area contributed by atoms with Crippen LogP contribution in [-0.4, -0.2) is 36.5 Å². The van der Waals surface area contributed by atoms with Crippen LogP contribution in [0.4, 0.5) is 10.1 Å². The van der Waals surface area contributed by atoms with Crippen LogP contribution in [0.1, 0.15) is 19.3 Å². The number of halogens is 1. The van der Waals surface area contributed by atoms with Crippen molar-refractivity contribution >= 4 is 11.6 Å². The third kappa shape index (κ3) is 4.01. The number of nitrogens with zero attached hydrogens (tertiary/aromatic N) is 1. The maximum absolute atomic E-state index is 12.8. The molecule has 0 radical (unpaired) electrons. The number of hydrogen-bond donors (Lipinski definition) is 2. The van der Waals surface area contributed by atoms with Gasteiger partial charge in [0.25, 0.3) is 0 Å². The van der Waals surface area contributed by atoms with Crippen LogP contribution < -0.4 is 11.1 Å². The zero-order chi connectivity index (χ0) is 13.7. The summed E-state index contributed by atoms with van der Waals surface area (Å²) in [5.41, 5.74) is 6.19. The summed E-state index contributed by atoms with van der Waals surface area (Å²) < 4.78 is 12.8. The minimum atomic E-state index is -0.308. The molecule has 0 unspecified atom stereocenters. The Morgan fingerprint density at radius 3 is 2.58 bits per heavy atom. The fourth-order valence-electron chi connectivity index (χ4n) is 2.23. The standard InChI is InChI=1S/C14H20FN3O/c15-11-4-6-12(7-5-11)17-14(19)10-18(9-8-16)13-2-1-3-13/h4-7,13H,1-3,8-10,16H2,(H,17,19). The highest BCUT2D eigenvalue weighted by Gasteiger charge is 2.25. The van der Waals surface area contributed by atoms with E-state index in [4.69, 9.17) is 5.73 Å². The van der Waals surface area contributed by atoms with E-state index in [0.717, 1.165) is 19.4 Å². The lowest BCUT2D eigenvalue weighted by Gasteiger charge is -2.36. The average Bonchev–Trinajstić information content (AvgIpc) is 2.30. The molecule has 1 aromatic carbocycles. The molecule has 1 amide bonds. The van der Waals surface area contributed by atoms with Crippen LogP contribution in [0.15, 0.2) is 24.3 Å². The molecule has 1 saturated carbocycles. The summed E-state index contributed by atoms with van der Waals surface area (Å²) in [5.74, 6) is -0.385. The van der Waals surface area contributed by atoms with Crippen molar-refractivity contribution in [3.05, 3.63) is 30.1 Å². The number of amides is 1. The maximum Gasteiger partial charge on any atom is 0.238 e. The number of benzene rings is 1. The van der Waals surface area contributed by atoms with Gasteiger partial charge in [0, 0.05) is 24.8 Å². The largest absolute Gasteiger partial charge is 0.329 e. The zero-order valence-corrected chi connectivity index (χ0v) is 10.9. The van der Waals surface area contributed by atoms with Crippen LogP contribution in [-0.2, 0) is 4.79 Å². The van der Waals surface area contributed by atoms with Gasteiger partial charge in [-0.1, -0.05) is 6.42 Å². The van der Waals surface area contributed by atoms with Crippen molar-refractivity contribution in [3.63, 3.8) is 0 Å². The van der Waals surface area contributed by atoms with Crippen LogP contribution in [0.5, 0.6) is 0 Å². The molecular weight excluding hydrogens is 245 g/mol. The van der Waals surface area contributed by atoms with Gasteiger partial charge in [0.2, 0.25) is 5.91 Å². The summed E-state index contributed by atoms with van der Waals surface area (Å²) in [7, 11) is 0. The van der Waals surface area contributed by atoms with E-state index in [1.165, 1.54) is 18.6 Å². The Hall–Kier alpha value is -1.46. The molecular formula is C14H20FN3O. The average molecular weight is 265 g/mol. The van der Waals surface area contributed by atoms with Gasteiger partial charge >= 0.3 is 0 Å². The molecule has 3 N–H and O–H groups in total. The fraction of sp³-hybridized carbons (Fsp3) is 0.500. The van der Waals surface area contributed by atoms with Crippen molar-refractivity contribution in [2.24, 2.45) is 5.73 Å². The predicted molar refractivity (Wildman–Crippen MR) is 73.3 cm³/mol. The van der Waals surface area contributed by atoms with Gasteiger partial charge < -0.3 is 11.1 Å². The second kappa shape index (κ2) is 6.63. The summed E-state index contributed by atoms with van der Waals surface area (Å²) in [5, 5.41) is 2.77. The highest BCUT2D eigenvalue weighted by Crippen LogP contribution is 2.24. The summed E-state index contributed by atoms with van der Waals surface area (Å²) in [4.78, 5) is 14.1. The SMILES string of the molecule is NCCN(CC(=O)Nc1ccc(F)cc1)C1CCC1. The third-order valence-electron chi connectivity index (χ3n) is 3.48. The first-order chi connectivity index (χ1) is 9.19. The van der Waals surface area contributed by atoms with Crippen molar-refractivity contribution in [2.45, 2.75) is 25.3 Å². The molecule has 1 aliphatic rings. The molecule has 0 spiro atoms. The number of hydrogen-bond acceptors (Lipinski definition) is 3. The fourth-order valence-corrected chi connectivity index (χ4v) is 2.23. The molecule has 0 aliphatic heterocycles. The van der Waals surface area contributed by atoms with Crippen LogP contribution in [0.2, 0.25) is 0 Å². The minimum absolute atomic E-state index is 0.0769.